The summed E-state index contributed by atoms with van der Waals surface area (Å²) in [5.41, 5.74) is 2.00. The fraction of sp³-hybridized carbons (Fsp3) is 0.500. The van der Waals surface area contributed by atoms with Crippen molar-refractivity contribution in [2.24, 2.45) is 0 Å². The zero-order valence-corrected chi connectivity index (χ0v) is 15.5. The molecular weight excluding hydrogens is 334 g/mol. The number of hydrogen-bond donors (Lipinski definition) is 0. The number of anilines is 1. The van der Waals surface area contributed by atoms with Crippen LogP contribution >= 0.6 is 11.3 Å². The maximum absolute atomic E-state index is 5.57. The van der Waals surface area contributed by atoms with Crippen LogP contribution in [0.25, 0.3) is 16.2 Å². The molecule has 4 heterocycles. The summed E-state index contributed by atoms with van der Waals surface area (Å²) in [6.45, 7) is 4.03. The van der Waals surface area contributed by atoms with Gasteiger partial charge >= 0.3 is 0 Å². The van der Waals surface area contributed by atoms with Crippen molar-refractivity contribution in [3.05, 3.63) is 30.7 Å². The van der Waals surface area contributed by atoms with Crippen LogP contribution in [0.5, 0.6) is 0 Å². The predicted molar refractivity (Wildman–Crippen MR) is 100 cm³/mol. The Morgan fingerprint density at radius 2 is 2.32 bits per heavy atom. The summed E-state index contributed by atoms with van der Waals surface area (Å²) in [6.07, 6.45) is 10.2. The third kappa shape index (κ3) is 2.91. The molecular formula is C18H23N5OS. The van der Waals surface area contributed by atoms with Crippen LogP contribution in [-0.2, 0) is 4.74 Å². The van der Waals surface area contributed by atoms with Crippen LogP contribution < -0.4 is 4.90 Å². The number of ether oxygens (including phenoxy) is 1. The molecule has 0 radical (unpaired) electrons. The second-order valence-corrected chi connectivity index (χ2v) is 7.58. The first-order valence-electron chi connectivity index (χ1n) is 8.79. The molecule has 1 unspecified atom stereocenters. The number of rotatable bonds is 6. The molecule has 1 fully saturated rings. The van der Waals surface area contributed by atoms with Crippen molar-refractivity contribution in [1.82, 2.24) is 19.6 Å². The molecule has 4 rings (SSSR count). The summed E-state index contributed by atoms with van der Waals surface area (Å²) in [7, 11) is 1.79. The lowest BCUT2D eigenvalue weighted by molar-refractivity contribution is 0.127. The van der Waals surface area contributed by atoms with Gasteiger partial charge in [0.25, 0.3) is 0 Å². The Hall–Kier alpha value is -1.99. The molecule has 0 aliphatic carbocycles. The van der Waals surface area contributed by atoms with Gasteiger partial charge in [-0.05, 0) is 31.4 Å². The lowest BCUT2D eigenvalue weighted by atomic mass is 9.92. The monoisotopic (exact) mass is 357 g/mol. The van der Waals surface area contributed by atoms with Crippen LogP contribution in [0.2, 0.25) is 0 Å². The van der Waals surface area contributed by atoms with E-state index < -0.39 is 0 Å². The molecule has 1 aliphatic heterocycles. The predicted octanol–water partition coefficient (Wildman–Crippen LogP) is 3.64. The van der Waals surface area contributed by atoms with E-state index in [2.05, 4.69) is 16.8 Å². The summed E-state index contributed by atoms with van der Waals surface area (Å²) in [4.78, 5) is 12.3. The molecule has 0 spiro atoms. The summed E-state index contributed by atoms with van der Waals surface area (Å²) in [5.74, 6) is 0. The van der Waals surface area contributed by atoms with E-state index in [1.165, 1.54) is 6.42 Å². The molecule has 25 heavy (non-hydrogen) atoms. The molecule has 132 valence electrons. The van der Waals surface area contributed by atoms with Gasteiger partial charge in [0.2, 0.25) is 10.1 Å². The highest BCUT2D eigenvalue weighted by atomic mass is 32.1. The molecule has 0 amide bonds. The minimum atomic E-state index is 0.0749. The average Bonchev–Trinajstić information content (AvgIpc) is 3.29. The first-order valence-corrected chi connectivity index (χ1v) is 9.60. The molecule has 3 aromatic heterocycles. The van der Waals surface area contributed by atoms with Gasteiger partial charge in [-0.15, -0.1) is 5.10 Å². The number of pyridine rings is 1. The molecule has 7 heteroatoms. The topological polar surface area (TPSA) is 55.5 Å². The zero-order valence-electron chi connectivity index (χ0n) is 14.7. The molecule has 0 saturated carbocycles. The van der Waals surface area contributed by atoms with Crippen molar-refractivity contribution in [2.75, 3.05) is 25.2 Å². The van der Waals surface area contributed by atoms with E-state index in [1.807, 2.05) is 29.0 Å². The zero-order chi connectivity index (χ0) is 17.3. The molecule has 1 atom stereocenters. The summed E-state index contributed by atoms with van der Waals surface area (Å²) < 4.78 is 7.46. The lowest BCUT2D eigenvalue weighted by Gasteiger charge is -2.37. The van der Waals surface area contributed by atoms with Crippen molar-refractivity contribution in [2.45, 2.75) is 38.1 Å². The van der Waals surface area contributed by atoms with E-state index in [4.69, 9.17) is 14.8 Å². The van der Waals surface area contributed by atoms with E-state index in [1.54, 1.807) is 24.6 Å². The second-order valence-electron chi connectivity index (χ2n) is 6.64. The standard InChI is InChI=1S/C18H23N5OS/c1-3-7-18(13-24-2)8-5-10-22(18)17-21-23-12-15(20-16(23)25-17)14-6-4-9-19-11-14/h4,6,9,11-12H,3,5,7-8,10,13H2,1-2H3. The molecule has 0 N–H and O–H groups in total. The van der Waals surface area contributed by atoms with E-state index >= 15 is 0 Å². The van der Waals surface area contributed by atoms with Crippen LogP contribution in [0.3, 0.4) is 0 Å². The van der Waals surface area contributed by atoms with Crippen molar-refractivity contribution in [3.8, 4) is 11.3 Å². The highest BCUT2D eigenvalue weighted by molar-refractivity contribution is 7.20. The van der Waals surface area contributed by atoms with Crippen LogP contribution in [0.15, 0.2) is 30.7 Å². The van der Waals surface area contributed by atoms with Gasteiger partial charge in [0.1, 0.15) is 0 Å². The van der Waals surface area contributed by atoms with Crippen molar-refractivity contribution in [1.29, 1.82) is 0 Å². The number of hydrogen-bond acceptors (Lipinski definition) is 6. The van der Waals surface area contributed by atoms with Gasteiger partial charge in [-0.2, -0.15) is 0 Å². The molecule has 1 aliphatic rings. The minimum absolute atomic E-state index is 0.0749. The van der Waals surface area contributed by atoms with Gasteiger partial charge in [0, 0.05) is 31.6 Å². The van der Waals surface area contributed by atoms with Crippen LogP contribution in [0.4, 0.5) is 5.13 Å². The van der Waals surface area contributed by atoms with E-state index in [0.29, 0.717) is 0 Å². The first kappa shape index (κ1) is 16.5. The van der Waals surface area contributed by atoms with Gasteiger partial charge in [0.15, 0.2) is 0 Å². The van der Waals surface area contributed by atoms with Crippen LogP contribution in [-0.4, -0.2) is 45.4 Å². The van der Waals surface area contributed by atoms with E-state index in [0.717, 1.165) is 53.8 Å². The summed E-state index contributed by atoms with van der Waals surface area (Å²) in [5, 5.41) is 5.87. The Labute approximate surface area is 151 Å². The largest absolute Gasteiger partial charge is 0.382 e. The van der Waals surface area contributed by atoms with Crippen LogP contribution in [0.1, 0.15) is 32.6 Å². The Bertz CT molecular complexity index is 806. The number of nitrogens with zero attached hydrogens (tertiary/aromatic N) is 5. The highest BCUT2D eigenvalue weighted by Gasteiger charge is 2.42. The van der Waals surface area contributed by atoms with Crippen molar-refractivity contribution in [3.63, 3.8) is 0 Å². The second kappa shape index (κ2) is 6.72. The molecule has 3 aromatic rings. The fourth-order valence-electron chi connectivity index (χ4n) is 3.91. The van der Waals surface area contributed by atoms with Gasteiger partial charge in [-0.25, -0.2) is 9.50 Å². The van der Waals surface area contributed by atoms with Crippen molar-refractivity contribution >= 4 is 21.4 Å². The third-order valence-electron chi connectivity index (χ3n) is 4.95. The fourth-order valence-corrected chi connectivity index (χ4v) is 4.92. The normalized spacial score (nSPS) is 20.6. The Morgan fingerprint density at radius 3 is 3.04 bits per heavy atom. The molecule has 6 nitrogen and oxygen atoms in total. The van der Waals surface area contributed by atoms with Gasteiger partial charge in [-0.1, -0.05) is 24.7 Å². The lowest BCUT2D eigenvalue weighted by Crippen LogP contribution is -2.47. The van der Waals surface area contributed by atoms with Gasteiger partial charge in [-0.3, -0.25) is 4.98 Å². The maximum atomic E-state index is 5.57. The summed E-state index contributed by atoms with van der Waals surface area (Å²) in [6, 6.07) is 3.95. The molecule has 0 bridgehead atoms. The Morgan fingerprint density at radius 1 is 1.40 bits per heavy atom. The van der Waals surface area contributed by atoms with Gasteiger partial charge < -0.3 is 9.64 Å². The maximum Gasteiger partial charge on any atom is 0.214 e. The SMILES string of the molecule is CCCC1(COC)CCCN1c1nn2cc(-c3cccnc3)nc2s1. The van der Waals surface area contributed by atoms with E-state index in [9.17, 15) is 0 Å². The quantitative estimate of drug-likeness (QED) is 0.674. The smallest absolute Gasteiger partial charge is 0.214 e. The third-order valence-corrected chi connectivity index (χ3v) is 5.89. The average molecular weight is 357 g/mol. The highest BCUT2D eigenvalue weighted by Crippen LogP contribution is 2.39. The van der Waals surface area contributed by atoms with Gasteiger partial charge in [0.05, 0.1) is 24.0 Å². The van der Waals surface area contributed by atoms with Crippen LogP contribution in [0, 0.1) is 0 Å². The molecule has 0 aromatic carbocycles. The number of fused-ring (bicyclic) bond motifs is 1. The Kier molecular flexibility index (Phi) is 4.43. The van der Waals surface area contributed by atoms with E-state index in [-0.39, 0.29) is 5.54 Å². The number of aromatic nitrogens is 4. The first-order chi connectivity index (χ1) is 12.3. The number of methoxy groups -OCH3 is 1. The molecule has 1 saturated heterocycles. The number of imidazole rings is 1. The summed E-state index contributed by atoms with van der Waals surface area (Å²) >= 11 is 1.65. The minimum Gasteiger partial charge on any atom is -0.382 e. The van der Waals surface area contributed by atoms with Crippen molar-refractivity contribution < 1.29 is 4.74 Å². The Balaban J connectivity index is 1.66.